The third-order valence-corrected chi connectivity index (χ3v) is 8.22. The SMILES string of the molecule is COC(=O)C(NC(=O)c1cc(-c2cccc(Cl)c2)c2cc(C(c3ccc(Cl)cc3)c3cncn3C)ccc2n1)c1ccccc1. The zero-order valence-electron chi connectivity index (χ0n) is 24.4. The summed E-state index contributed by atoms with van der Waals surface area (Å²) in [6.07, 6.45) is 3.64. The lowest BCUT2D eigenvalue weighted by Gasteiger charge is -2.21. The van der Waals surface area contributed by atoms with E-state index in [1.54, 1.807) is 42.7 Å². The Morgan fingerprint density at radius 1 is 0.822 bits per heavy atom. The first kappa shape index (κ1) is 30.1. The smallest absolute Gasteiger partial charge is 0.333 e. The molecule has 45 heavy (non-hydrogen) atoms. The summed E-state index contributed by atoms with van der Waals surface area (Å²) in [6.45, 7) is 0. The first-order valence-corrected chi connectivity index (χ1v) is 14.9. The van der Waals surface area contributed by atoms with E-state index in [2.05, 4.69) is 16.4 Å². The number of esters is 1. The van der Waals surface area contributed by atoms with Crippen LogP contribution in [-0.4, -0.2) is 33.5 Å². The number of halogens is 2. The molecule has 6 aromatic rings. The molecule has 0 radical (unpaired) electrons. The summed E-state index contributed by atoms with van der Waals surface area (Å²) in [6, 6.07) is 30.9. The van der Waals surface area contributed by atoms with Crippen molar-refractivity contribution in [3.8, 4) is 11.1 Å². The molecule has 0 saturated heterocycles. The number of carbonyl (C=O) groups is 2. The van der Waals surface area contributed by atoms with Gasteiger partial charge in [0.05, 0.1) is 24.9 Å². The fourth-order valence-corrected chi connectivity index (χ4v) is 5.83. The Labute approximate surface area is 270 Å². The Hall–Kier alpha value is -4.98. The number of rotatable bonds is 8. The highest BCUT2D eigenvalue weighted by Crippen LogP contribution is 2.37. The second-order valence-corrected chi connectivity index (χ2v) is 11.5. The summed E-state index contributed by atoms with van der Waals surface area (Å²) >= 11 is 12.7. The number of aromatic nitrogens is 3. The van der Waals surface area contributed by atoms with Crippen LogP contribution in [-0.2, 0) is 16.6 Å². The maximum absolute atomic E-state index is 13.7. The summed E-state index contributed by atoms with van der Waals surface area (Å²) in [5.74, 6) is -1.25. The summed E-state index contributed by atoms with van der Waals surface area (Å²) in [5, 5.41) is 4.86. The molecule has 0 saturated carbocycles. The number of imidazole rings is 1. The molecule has 2 aromatic heterocycles. The molecule has 6 rings (SSSR count). The number of methoxy groups -OCH3 is 1. The molecule has 2 atom stereocenters. The Morgan fingerprint density at radius 2 is 1.58 bits per heavy atom. The molecular weight excluding hydrogens is 607 g/mol. The molecule has 9 heteroatoms. The fourth-order valence-electron chi connectivity index (χ4n) is 5.52. The van der Waals surface area contributed by atoms with Gasteiger partial charge in [0.2, 0.25) is 0 Å². The van der Waals surface area contributed by atoms with E-state index in [9.17, 15) is 9.59 Å². The quantitative estimate of drug-likeness (QED) is 0.173. The maximum Gasteiger partial charge on any atom is 0.333 e. The zero-order valence-corrected chi connectivity index (χ0v) is 26.0. The highest BCUT2D eigenvalue weighted by atomic mass is 35.5. The Balaban J connectivity index is 1.49. The van der Waals surface area contributed by atoms with Crippen LogP contribution in [0.1, 0.15) is 44.8 Å². The van der Waals surface area contributed by atoms with Crippen LogP contribution in [0.25, 0.3) is 22.0 Å². The van der Waals surface area contributed by atoms with Gasteiger partial charge in [-0.3, -0.25) is 4.79 Å². The second-order valence-electron chi connectivity index (χ2n) is 10.6. The van der Waals surface area contributed by atoms with Crippen molar-refractivity contribution >= 4 is 46.0 Å². The van der Waals surface area contributed by atoms with Crippen molar-refractivity contribution in [3.05, 3.63) is 154 Å². The first-order chi connectivity index (χ1) is 21.8. The standard InChI is InChI=1S/C36H28Cl2N4O3/c1-42-21-39-20-32(42)33(22-11-14-26(37)15-12-22)25-13-16-30-29(18-25)28(24-9-6-10-27(38)17-24)19-31(40-30)35(43)41-34(36(44)45-2)23-7-4-3-5-8-23/h3-21,33-34H,1-2H3,(H,41,43). The number of hydrogen-bond acceptors (Lipinski definition) is 5. The zero-order chi connectivity index (χ0) is 31.5. The Bertz CT molecular complexity index is 2010. The number of nitrogens with one attached hydrogen (secondary N) is 1. The molecule has 0 fully saturated rings. The molecular formula is C36H28Cl2N4O3. The predicted octanol–water partition coefficient (Wildman–Crippen LogP) is 7.77. The number of carbonyl (C=O) groups excluding carboxylic acids is 2. The van der Waals surface area contributed by atoms with Crippen molar-refractivity contribution in [2.45, 2.75) is 12.0 Å². The topological polar surface area (TPSA) is 86.1 Å². The molecule has 2 heterocycles. The molecule has 7 nitrogen and oxygen atoms in total. The minimum absolute atomic E-state index is 0.149. The minimum Gasteiger partial charge on any atom is -0.467 e. The molecule has 1 amide bonds. The van der Waals surface area contributed by atoms with Crippen LogP contribution in [0.15, 0.2) is 116 Å². The number of benzene rings is 4. The third kappa shape index (κ3) is 6.32. The Morgan fingerprint density at radius 3 is 2.27 bits per heavy atom. The van der Waals surface area contributed by atoms with Crippen LogP contribution in [0.2, 0.25) is 10.0 Å². The molecule has 0 bridgehead atoms. The van der Waals surface area contributed by atoms with Crippen molar-refractivity contribution in [2.24, 2.45) is 7.05 Å². The van der Waals surface area contributed by atoms with E-state index in [4.69, 9.17) is 32.9 Å². The van der Waals surface area contributed by atoms with E-state index >= 15 is 0 Å². The van der Waals surface area contributed by atoms with Crippen molar-refractivity contribution in [3.63, 3.8) is 0 Å². The van der Waals surface area contributed by atoms with E-state index in [1.165, 1.54) is 7.11 Å². The summed E-state index contributed by atoms with van der Waals surface area (Å²) in [5.41, 5.74) is 5.99. The van der Waals surface area contributed by atoms with E-state index in [0.717, 1.165) is 33.3 Å². The number of hydrogen-bond donors (Lipinski definition) is 1. The van der Waals surface area contributed by atoms with Gasteiger partial charge in [-0.25, -0.2) is 14.8 Å². The average Bonchev–Trinajstić information content (AvgIpc) is 3.48. The van der Waals surface area contributed by atoms with Crippen molar-refractivity contribution in [1.29, 1.82) is 0 Å². The molecule has 224 valence electrons. The van der Waals surface area contributed by atoms with E-state index in [1.807, 2.05) is 78.5 Å². The lowest BCUT2D eigenvalue weighted by molar-refractivity contribution is -0.143. The highest BCUT2D eigenvalue weighted by molar-refractivity contribution is 6.31. The van der Waals surface area contributed by atoms with Gasteiger partial charge in [0.15, 0.2) is 6.04 Å². The average molecular weight is 636 g/mol. The fraction of sp³-hybridized carbons (Fsp3) is 0.111. The number of pyridine rings is 1. The number of fused-ring (bicyclic) bond motifs is 1. The van der Waals surface area contributed by atoms with Crippen molar-refractivity contribution in [2.75, 3.05) is 7.11 Å². The van der Waals surface area contributed by atoms with Crippen LogP contribution in [0.3, 0.4) is 0 Å². The Kier molecular flexibility index (Phi) is 8.65. The van der Waals surface area contributed by atoms with Gasteiger partial charge in [-0.2, -0.15) is 0 Å². The molecule has 0 aliphatic rings. The largest absolute Gasteiger partial charge is 0.467 e. The number of ether oxygens (including phenoxy) is 1. The van der Waals surface area contributed by atoms with Crippen molar-refractivity contribution in [1.82, 2.24) is 19.9 Å². The van der Waals surface area contributed by atoms with Crippen molar-refractivity contribution < 1.29 is 14.3 Å². The molecule has 0 aliphatic heterocycles. The first-order valence-electron chi connectivity index (χ1n) is 14.2. The van der Waals surface area contributed by atoms with Gasteiger partial charge in [0.25, 0.3) is 5.91 Å². The summed E-state index contributed by atoms with van der Waals surface area (Å²) in [4.78, 5) is 35.5. The maximum atomic E-state index is 13.7. The van der Waals surface area contributed by atoms with Crippen LogP contribution in [0.5, 0.6) is 0 Å². The predicted molar refractivity (Wildman–Crippen MR) is 176 cm³/mol. The third-order valence-electron chi connectivity index (χ3n) is 7.73. The molecule has 1 N–H and O–H groups in total. The van der Waals surface area contributed by atoms with Gasteiger partial charge >= 0.3 is 5.97 Å². The van der Waals surface area contributed by atoms with E-state index in [0.29, 0.717) is 21.1 Å². The van der Waals surface area contributed by atoms with E-state index in [-0.39, 0.29) is 11.6 Å². The summed E-state index contributed by atoms with van der Waals surface area (Å²) < 4.78 is 6.99. The van der Waals surface area contributed by atoms with Gasteiger partial charge in [0, 0.05) is 34.4 Å². The molecule has 0 aliphatic carbocycles. The van der Waals surface area contributed by atoms with Gasteiger partial charge < -0.3 is 14.6 Å². The van der Waals surface area contributed by atoms with Crippen LogP contribution < -0.4 is 5.32 Å². The highest BCUT2D eigenvalue weighted by Gasteiger charge is 2.26. The van der Waals surface area contributed by atoms with Gasteiger partial charge in [-0.15, -0.1) is 0 Å². The van der Waals surface area contributed by atoms with Crippen LogP contribution >= 0.6 is 23.2 Å². The molecule has 0 spiro atoms. The van der Waals surface area contributed by atoms with Crippen LogP contribution in [0.4, 0.5) is 0 Å². The molecule has 2 unspecified atom stereocenters. The van der Waals surface area contributed by atoms with Gasteiger partial charge in [-0.1, -0.05) is 83.9 Å². The number of nitrogens with zero attached hydrogens (tertiary/aromatic N) is 3. The minimum atomic E-state index is -1.00. The van der Waals surface area contributed by atoms with Crippen LogP contribution in [0, 0.1) is 0 Å². The lowest BCUT2D eigenvalue weighted by Crippen LogP contribution is -2.35. The number of aryl methyl sites for hydroxylation is 1. The lowest BCUT2D eigenvalue weighted by atomic mass is 9.87. The second kappa shape index (κ2) is 12.9. The normalized spacial score (nSPS) is 12.4. The summed E-state index contributed by atoms with van der Waals surface area (Å²) in [7, 11) is 3.25. The van der Waals surface area contributed by atoms with Gasteiger partial charge in [0.1, 0.15) is 5.69 Å². The monoisotopic (exact) mass is 634 g/mol. The van der Waals surface area contributed by atoms with E-state index < -0.39 is 17.9 Å². The molecule has 4 aromatic carbocycles. The number of amides is 1. The van der Waals surface area contributed by atoms with Gasteiger partial charge in [-0.05, 0) is 70.3 Å².